The summed E-state index contributed by atoms with van der Waals surface area (Å²) in [6.45, 7) is 3.87. The van der Waals surface area contributed by atoms with Gasteiger partial charge in [0.25, 0.3) is 0 Å². The van der Waals surface area contributed by atoms with Gasteiger partial charge in [0.05, 0.1) is 0 Å². The lowest BCUT2D eigenvalue weighted by Crippen LogP contribution is -2.18. The van der Waals surface area contributed by atoms with Crippen molar-refractivity contribution in [3.63, 3.8) is 0 Å². The van der Waals surface area contributed by atoms with Crippen molar-refractivity contribution in [2.45, 2.75) is 22.9 Å². The van der Waals surface area contributed by atoms with Gasteiger partial charge in [-0.3, -0.25) is 0 Å². The molecular weight excluding hydrogens is 380 g/mol. The quantitative estimate of drug-likeness (QED) is 0.307. The monoisotopic (exact) mass is 408 g/mol. The molecular formula is C24H28N2S2. The lowest BCUT2D eigenvalue weighted by Gasteiger charge is -2.09. The number of hydrogen-bond donors (Lipinski definition) is 2. The fraction of sp³-hybridized carbons (Fsp3) is 0.250. The summed E-state index contributed by atoms with van der Waals surface area (Å²) in [6, 6.07) is 30.0. The molecule has 0 aliphatic heterocycles. The zero-order valence-electron chi connectivity index (χ0n) is 16.1. The van der Waals surface area contributed by atoms with E-state index in [9.17, 15) is 0 Å². The summed E-state index contributed by atoms with van der Waals surface area (Å²) >= 11 is 3.80. The van der Waals surface area contributed by atoms with Crippen LogP contribution in [0.2, 0.25) is 0 Å². The predicted octanol–water partition coefficient (Wildman–Crippen LogP) is 5.45. The number of nitrogens with one attached hydrogen (secondary N) is 2. The molecule has 0 saturated heterocycles. The van der Waals surface area contributed by atoms with Gasteiger partial charge in [-0.2, -0.15) is 0 Å². The minimum Gasteiger partial charge on any atom is -0.312 e. The Morgan fingerprint density at radius 2 is 1.00 bits per heavy atom. The summed E-state index contributed by atoms with van der Waals surface area (Å²) in [5, 5.41) is 7.10. The first kappa shape index (κ1) is 21.0. The van der Waals surface area contributed by atoms with E-state index in [1.54, 1.807) is 0 Å². The van der Waals surface area contributed by atoms with Gasteiger partial charge >= 0.3 is 0 Å². The molecule has 0 spiro atoms. The summed E-state index contributed by atoms with van der Waals surface area (Å²) in [5.74, 6) is 2.18. The molecule has 0 bridgehead atoms. The van der Waals surface area contributed by atoms with Gasteiger partial charge in [-0.1, -0.05) is 60.7 Å². The number of rotatable bonds is 12. The number of thioether (sulfide) groups is 2. The Kier molecular flexibility index (Phi) is 9.51. The van der Waals surface area contributed by atoms with Crippen LogP contribution in [0.15, 0.2) is 94.7 Å². The Balaban J connectivity index is 1.29. The molecule has 3 rings (SSSR count). The van der Waals surface area contributed by atoms with Crippen molar-refractivity contribution in [1.82, 2.24) is 10.6 Å². The van der Waals surface area contributed by atoms with Gasteiger partial charge in [0.15, 0.2) is 0 Å². The van der Waals surface area contributed by atoms with E-state index in [2.05, 4.69) is 95.6 Å². The number of hydrogen-bond acceptors (Lipinski definition) is 4. The predicted molar refractivity (Wildman–Crippen MR) is 124 cm³/mol. The van der Waals surface area contributed by atoms with Crippen molar-refractivity contribution in [3.05, 3.63) is 96.1 Å². The fourth-order valence-corrected chi connectivity index (χ4v) is 4.49. The summed E-state index contributed by atoms with van der Waals surface area (Å²) in [6.07, 6.45) is 0. The Bertz CT molecular complexity index is 729. The van der Waals surface area contributed by atoms with Gasteiger partial charge in [-0.15, -0.1) is 23.5 Å². The highest BCUT2D eigenvalue weighted by Gasteiger charge is 1.98. The average molecular weight is 409 g/mol. The molecule has 4 heteroatoms. The molecule has 0 radical (unpaired) electrons. The molecule has 0 fully saturated rings. The van der Waals surface area contributed by atoms with Crippen LogP contribution in [-0.2, 0) is 13.1 Å². The first-order chi connectivity index (χ1) is 13.9. The summed E-state index contributed by atoms with van der Waals surface area (Å²) in [5.41, 5.74) is 2.70. The normalized spacial score (nSPS) is 10.9. The van der Waals surface area contributed by atoms with Crippen LogP contribution >= 0.6 is 23.5 Å². The lowest BCUT2D eigenvalue weighted by molar-refractivity contribution is 0.717. The SMILES string of the molecule is c1ccc(SCCNCc2cccc(CNCCSc3ccccc3)c2)cc1. The van der Waals surface area contributed by atoms with Gasteiger partial charge in [0.2, 0.25) is 0 Å². The molecule has 3 aromatic rings. The Labute approximate surface area is 177 Å². The van der Waals surface area contributed by atoms with Gasteiger partial charge in [-0.05, 0) is 35.4 Å². The summed E-state index contributed by atoms with van der Waals surface area (Å²) < 4.78 is 0. The molecule has 0 unspecified atom stereocenters. The second-order valence-corrected chi connectivity index (χ2v) is 8.83. The van der Waals surface area contributed by atoms with E-state index in [4.69, 9.17) is 0 Å². The second-order valence-electron chi connectivity index (χ2n) is 6.50. The summed E-state index contributed by atoms with van der Waals surface area (Å²) in [7, 11) is 0. The Morgan fingerprint density at radius 1 is 0.536 bits per heavy atom. The zero-order valence-corrected chi connectivity index (χ0v) is 17.8. The first-order valence-electron chi connectivity index (χ1n) is 9.75. The lowest BCUT2D eigenvalue weighted by atomic mass is 10.1. The zero-order chi connectivity index (χ0) is 19.3. The maximum Gasteiger partial charge on any atom is 0.0205 e. The largest absolute Gasteiger partial charge is 0.312 e. The van der Waals surface area contributed by atoms with Gasteiger partial charge < -0.3 is 10.6 Å². The average Bonchev–Trinajstić information content (AvgIpc) is 2.75. The van der Waals surface area contributed by atoms with E-state index < -0.39 is 0 Å². The van der Waals surface area contributed by atoms with Crippen LogP contribution in [0.3, 0.4) is 0 Å². The highest BCUT2D eigenvalue weighted by atomic mass is 32.2. The third-order valence-corrected chi connectivity index (χ3v) is 6.26. The minimum atomic E-state index is 0.924. The van der Waals surface area contributed by atoms with Gasteiger partial charge in [0, 0.05) is 47.5 Å². The molecule has 3 aromatic carbocycles. The highest BCUT2D eigenvalue weighted by Crippen LogP contribution is 2.16. The van der Waals surface area contributed by atoms with Crippen LogP contribution in [0, 0.1) is 0 Å². The fourth-order valence-electron chi connectivity index (χ4n) is 2.83. The van der Waals surface area contributed by atoms with Crippen LogP contribution in [0.4, 0.5) is 0 Å². The molecule has 0 heterocycles. The third kappa shape index (κ3) is 8.11. The highest BCUT2D eigenvalue weighted by molar-refractivity contribution is 7.99. The maximum absolute atomic E-state index is 3.55. The molecule has 0 aliphatic rings. The van der Waals surface area contributed by atoms with Crippen molar-refractivity contribution in [2.75, 3.05) is 24.6 Å². The summed E-state index contributed by atoms with van der Waals surface area (Å²) in [4.78, 5) is 2.67. The molecule has 0 amide bonds. The second kappa shape index (κ2) is 12.7. The third-order valence-electron chi connectivity index (χ3n) is 4.23. The molecule has 28 heavy (non-hydrogen) atoms. The van der Waals surface area contributed by atoms with Gasteiger partial charge in [-0.25, -0.2) is 0 Å². The molecule has 2 N–H and O–H groups in total. The Hall–Kier alpha value is -1.72. The van der Waals surface area contributed by atoms with E-state index in [1.807, 2.05) is 23.5 Å². The molecule has 0 aliphatic carbocycles. The van der Waals surface area contributed by atoms with Crippen LogP contribution in [0.25, 0.3) is 0 Å². The smallest absolute Gasteiger partial charge is 0.0205 e. The molecule has 0 aromatic heterocycles. The van der Waals surface area contributed by atoms with Crippen LogP contribution in [0.5, 0.6) is 0 Å². The van der Waals surface area contributed by atoms with E-state index in [1.165, 1.54) is 20.9 Å². The maximum atomic E-state index is 3.55. The standard InChI is InChI=1S/C24H28N2S2/c1-3-10-23(11-4-1)27-16-14-25-19-21-8-7-9-22(18-21)20-26-15-17-28-24-12-5-2-6-13-24/h1-13,18,25-26H,14-17,19-20H2. The van der Waals surface area contributed by atoms with Gasteiger partial charge in [0.1, 0.15) is 0 Å². The van der Waals surface area contributed by atoms with Crippen molar-refractivity contribution >= 4 is 23.5 Å². The molecule has 0 atom stereocenters. The van der Waals surface area contributed by atoms with Crippen LogP contribution in [0.1, 0.15) is 11.1 Å². The minimum absolute atomic E-state index is 0.924. The van der Waals surface area contributed by atoms with Crippen molar-refractivity contribution < 1.29 is 0 Å². The molecule has 146 valence electrons. The van der Waals surface area contributed by atoms with E-state index in [0.29, 0.717) is 0 Å². The van der Waals surface area contributed by atoms with Crippen molar-refractivity contribution in [1.29, 1.82) is 0 Å². The van der Waals surface area contributed by atoms with Crippen molar-refractivity contribution in [2.24, 2.45) is 0 Å². The topological polar surface area (TPSA) is 24.1 Å². The van der Waals surface area contributed by atoms with E-state index in [-0.39, 0.29) is 0 Å². The van der Waals surface area contributed by atoms with Crippen LogP contribution in [-0.4, -0.2) is 24.6 Å². The van der Waals surface area contributed by atoms with E-state index in [0.717, 1.165) is 37.7 Å². The van der Waals surface area contributed by atoms with E-state index >= 15 is 0 Å². The first-order valence-corrected chi connectivity index (χ1v) is 11.7. The van der Waals surface area contributed by atoms with Crippen molar-refractivity contribution in [3.8, 4) is 0 Å². The van der Waals surface area contributed by atoms with Crippen LogP contribution < -0.4 is 10.6 Å². The molecule has 0 saturated carbocycles. The molecule has 2 nitrogen and oxygen atoms in total. The Morgan fingerprint density at radius 3 is 1.46 bits per heavy atom. The number of benzene rings is 3.